The summed E-state index contributed by atoms with van der Waals surface area (Å²) in [4.78, 5) is 31.6. The lowest BCUT2D eigenvalue weighted by Crippen LogP contribution is -2.48. The Hall–Kier alpha value is -1.86. The molecule has 2 heterocycles. The second-order valence-corrected chi connectivity index (χ2v) is 7.25. The molecule has 1 aromatic heterocycles. The molecule has 1 aliphatic rings. The van der Waals surface area contributed by atoms with Gasteiger partial charge in [0, 0.05) is 19.6 Å². The Kier molecular flexibility index (Phi) is 5.44. The number of hydrogen-bond acceptors (Lipinski definition) is 5. The molecular formula is C18H23N3O3S. The Morgan fingerprint density at radius 2 is 1.96 bits per heavy atom. The smallest absolute Gasteiger partial charge is 0.262 e. The Bertz CT molecular complexity index is 826. The van der Waals surface area contributed by atoms with Crippen LogP contribution in [0.15, 0.2) is 34.2 Å². The van der Waals surface area contributed by atoms with E-state index in [-0.39, 0.29) is 29.4 Å². The zero-order valence-electron chi connectivity index (χ0n) is 14.8. The summed E-state index contributed by atoms with van der Waals surface area (Å²) in [6.45, 7) is 7.60. The molecule has 6 nitrogen and oxygen atoms in total. The van der Waals surface area contributed by atoms with E-state index in [1.54, 1.807) is 10.6 Å². The van der Waals surface area contributed by atoms with Crippen molar-refractivity contribution in [2.75, 3.05) is 18.8 Å². The Balaban J connectivity index is 1.79. The third-order valence-electron chi connectivity index (χ3n) is 4.24. The number of amides is 1. The van der Waals surface area contributed by atoms with Crippen molar-refractivity contribution >= 4 is 28.6 Å². The normalized spacial score (nSPS) is 20.8. The van der Waals surface area contributed by atoms with Crippen LogP contribution in [0, 0.1) is 0 Å². The van der Waals surface area contributed by atoms with Crippen molar-refractivity contribution < 1.29 is 9.53 Å². The largest absolute Gasteiger partial charge is 0.372 e. The van der Waals surface area contributed by atoms with Crippen molar-refractivity contribution in [1.29, 1.82) is 0 Å². The number of rotatable bonds is 4. The fourth-order valence-electron chi connectivity index (χ4n) is 3.14. The summed E-state index contributed by atoms with van der Waals surface area (Å²) in [7, 11) is 0. The van der Waals surface area contributed by atoms with Gasteiger partial charge in [-0.2, -0.15) is 0 Å². The summed E-state index contributed by atoms with van der Waals surface area (Å²) < 4.78 is 7.30. The van der Waals surface area contributed by atoms with Gasteiger partial charge in [-0.25, -0.2) is 4.98 Å². The van der Waals surface area contributed by atoms with Crippen LogP contribution in [0.25, 0.3) is 10.9 Å². The van der Waals surface area contributed by atoms with Gasteiger partial charge in [0.2, 0.25) is 5.91 Å². The van der Waals surface area contributed by atoms with E-state index in [4.69, 9.17) is 4.74 Å². The maximum absolute atomic E-state index is 12.6. The number of benzene rings is 1. The fraction of sp³-hybridized carbons (Fsp3) is 0.500. The van der Waals surface area contributed by atoms with E-state index in [0.29, 0.717) is 35.7 Å². The number of nitrogens with zero attached hydrogens (tertiary/aromatic N) is 3. The molecule has 25 heavy (non-hydrogen) atoms. The number of ether oxygens (including phenoxy) is 1. The van der Waals surface area contributed by atoms with Crippen LogP contribution in [0.2, 0.25) is 0 Å². The van der Waals surface area contributed by atoms with Crippen LogP contribution < -0.4 is 5.56 Å². The van der Waals surface area contributed by atoms with E-state index < -0.39 is 0 Å². The molecule has 1 aliphatic heterocycles. The molecular weight excluding hydrogens is 338 g/mol. The van der Waals surface area contributed by atoms with Gasteiger partial charge in [0.1, 0.15) is 0 Å². The van der Waals surface area contributed by atoms with Gasteiger partial charge < -0.3 is 9.64 Å². The second-order valence-electron chi connectivity index (χ2n) is 6.31. The number of para-hydroxylation sites is 1. The summed E-state index contributed by atoms with van der Waals surface area (Å²) in [5.41, 5.74) is 0.609. The lowest BCUT2D eigenvalue weighted by molar-refractivity contribution is -0.140. The van der Waals surface area contributed by atoms with Crippen LogP contribution in [0.3, 0.4) is 0 Å². The molecule has 0 radical (unpaired) electrons. The van der Waals surface area contributed by atoms with E-state index in [1.807, 2.05) is 43.9 Å². The maximum Gasteiger partial charge on any atom is 0.262 e. The Morgan fingerprint density at radius 1 is 1.28 bits per heavy atom. The van der Waals surface area contributed by atoms with Crippen LogP contribution in [0.4, 0.5) is 0 Å². The van der Waals surface area contributed by atoms with Gasteiger partial charge >= 0.3 is 0 Å². The quantitative estimate of drug-likeness (QED) is 0.617. The van der Waals surface area contributed by atoms with Crippen molar-refractivity contribution in [1.82, 2.24) is 14.5 Å². The zero-order valence-corrected chi connectivity index (χ0v) is 15.6. The summed E-state index contributed by atoms with van der Waals surface area (Å²) in [6, 6.07) is 7.31. The van der Waals surface area contributed by atoms with Crippen molar-refractivity contribution in [2.24, 2.45) is 0 Å². The van der Waals surface area contributed by atoms with Gasteiger partial charge in [-0.3, -0.25) is 14.2 Å². The topological polar surface area (TPSA) is 64.4 Å². The highest BCUT2D eigenvalue weighted by Crippen LogP contribution is 2.19. The average molecular weight is 361 g/mol. The number of carbonyl (C=O) groups excluding carboxylic acids is 1. The minimum Gasteiger partial charge on any atom is -0.372 e. The molecule has 0 aliphatic carbocycles. The number of morpholine rings is 1. The van der Waals surface area contributed by atoms with Gasteiger partial charge in [-0.1, -0.05) is 23.9 Å². The van der Waals surface area contributed by atoms with Crippen LogP contribution in [0.1, 0.15) is 20.8 Å². The minimum absolute atomic E-state index is 0.0466. The van der Waals surface area contributed by atoms with Gasteiger partial charge in [0.05, 0.1) is 28.9 Å². The molecule has 0 unspecified atom stereocenters. The summed E-state index contributed by atoms with van der Waals surface area (Å²) >= 11 is 1.32. The number of aromatic nitrogens is 2. The third kappa shape index (κ3) is 3.88. The highest BCUT2D eigenvalue weighted by Gasteiger charge is 2.26. The molecule has 134 valence electrons. The SMILES string of the molecule is CCn1c(SCC(=O)N2C[C@H](C)O[C@@H](C)C2)nc2ccccc2c1=O. The minimum atomic E-state index is -0.0586. The van der Waals surface area contributed by atoms with Gasteiger partial charge in [0.25, 0.3) is 5.56 Å². The van der Waals surface area contributed by atoms with Crippen molar-refractivity contribution in [3.63, 3.8) is 0 Å². The molecule has 0 bridgehead atoms. The molecule has 1 fully saturated rings. The first-order valence-corrected chi connectivity index (χ1v) is 9.53. The Labute approximate surface area is 151 Å². The zero-order chi connectivity index (χ0) is 18.0. The van der Waals surface area contributed by atoms with Gasteiger partial charge in [-0.15, -0.1) is 0 Å². The lowest BCUT2D eigenvalue weighted by atomic mass is 10.2. The lowest BCUT2D eigenvalue weighted by Gasteiger charge is -2.35. The molecule has 0 spiro atoms. The highest BCUT2D eigenvalue weighted by atomic mass is 32.2. The van der Waals surface area contributed by atoms with Gasteiger partial charge in [0.15, 0.2) is 5.16 Å². The monoisotopic (exact) mass is 361 g/mol. The van der Waals surface area contributed by atoms with Crippen LogP contribution in [-0.4, -0.2) is 51.4 Å². The second kappa shape index (κ2) is 7.58. The first-order valence-electron chi connectivity index (χ1n) is 8.55. The molecule has 2 atom stereocenters. The summed E-state index contributed by atoms with van der Waals surface area (Å²) in [5, 5.41) is 1.20. The van der Waals surface area contributed by atoms with Crippen LogP contribution in [-0.2, 0) is 16.1 Å². The summed E-state index contributed by atoms with van der Waals surface area (Å²) in [6.07, 6.45) is 0.0932. The molecule has 0 N–H and O–H groups in total. The molecule has 3 rings (SSSR count). The van der Waals surface area contributed by atoms with E-state index >= 15 is 0 Å². The highest BCUT2D eigenvalue weighted by molar-refractivity contribution is 7.99. The van der Waals surface area contributed by atoms with E-state index in [2.05, 4.69) is 4.98 Å². The molecule has 1 saturated heterocycles. The number of thioether (sulfide) groups is 1. The van der Waals surface area contributed by atoms with E-state index in [1.165, 1.54) is 11.8 Å². The molecule has 7 heteroatoms. The number of fused-ring (bicyclic) bond motifs is 1. The first-order chi connectivity index (χ1) is 12.0. The Morgan fingerprint density at radius 3 is 2.64 bits per heavy atom. The van der Waals surface area contributed by atoms with Crippen LogP contribution >= 0.6 is 11.8 Å². The molecule has 1 amide bonds. The van der Waals surface area contributed by atoms with Crippen molar-refractivity contribution in [3.05, 3.63) is 34.6 Å². The third-order valence-corrected chi connectivity index (χ3v) is 5.20. The molecule has 0 saturated carbocycles. The maximum atomic E-state index is 12.6. The van der Waals surface area contributed by atoms with E-state index in [9.17, 15) is 9.59 Å². The van der Waals surface area contributed by atoms with E-state index in [0.717, 1.165) is 0 Å². The van der Waals surface area contributed by atoms with Crippen LogP contribution in [0.5, 0.6) is 0 Å². The van der Waals surface area contributed by atoms with Crippen molar-refractivity contribution in [3.8, 4) is 0 Å². The average Bonchev–Trinajstić information content (AvgIpc) is 2.59. The number of carbonyl (C=O) groups is 1. The first kappa shape index (κ1) is 17.9. The van der Waals surface area contributed by atoms with Gasteiger partial charge in [-0.05, 0) is 32.9 Å². The number of hydrogen-bond donors (Lipinski definition) is 0. The molecule has 2 aromatic rings. The fourth-order valence-corrected chi connectivity index (χ4v) is 4.10. The predicted molar refractivity (Wildman–Crippen MR) is 99.0 cm³/mol. The predicted octanol–water partition coefficient (Wildman–Crippen LogP) is 2.14. The summed E-state index contributed by atoms with van der Waals surface area (Å²) in [5.74, 6) is 0.321. The van der Waals surface area contributed by atoms with Crippen molar-refractivity contribution in [2.45, 2.75) is 44.7 Å². The molecule has 1 aromatic carbocycles. The standard InChI is InChI=1S/C18H23N3O3S/c1-4-21-17(23)14-7-5-6-8-15(14)19-18(21)25-11-16(22)20-9-12(2)24-13(3)10-20/h5-8,12-13H,4,9-11H2,1-3H3/t12-,13-/m0/s1.